The first-order valence-electron chi connectivity index (χ1n) is 4.86. The van der Waals surface area contributed by atoms with Crippen LogP contribution >= 0.6 is 11.8 Å². The van der Waals surface area contributed by atoms with Crippen molar-refractivity contribution in [2.75, 3.05) is 32.3 Å². The lowest BCUT2D eigenvalue weighted by atomic mass is 10.3. The lowest BCUT2D eigenvalue weighted by Crippen LogP contribution is -2.48. The van der Waals surface area contributed by atoms with E-state index in [0.29, 0.717) is 11.6 Å². The van der Waals surface area contributed by atoms with Gasteiger partial charge in [-0.2, -0.15) is 0 Å². The highest BCUT2D eigenvalue weighted by Gasteiger charge is 2.36. The number of nitrogens with zero attached hydrogens (tertiary/aromatic N) is 2. The molecule has 7 nitrogen and oxygen atoms in total. The number of likely N-dealkylation sites (N-methyl/N-ethyl adjacent to an activating group) is 1. The Morgan fingerprint density at radius 1 is 1.53 bits per heavy atom. The Bertz CT molecular complexity index is 335. The average molecular weight is 262 g/mol. The summed E-state index contributed by atoms with van der Waals surface area (Å²) in [6, 6.07) is -1.31. The van der Waals surface area contributed by atoms with Crippen LogP contribution in [-0.4, -0.2) is 71.2 Å². The van der Waals surface area contributed by atoms with Crippen molar-refractivity contribution in [2.45, 2.75) is 6.04 Å². The third-order valence-corrected chi connectivity index (χ3v) is 3.35. The number of aliphatic carboxylic acids is 1. The van der Waals surface area contributed by atoms with Crippen molar-refractivity contribution >= 4 is 29.7 Å². The van der Waals surface area contributed by atoms with E-state index in [-0.39, 0.29) is 6.54 Å². The number of carboxylic acid groups (broad SMARTS) is 1. The van der Waals surface area contributed by atoms with Crippen LogP contribution in [0.1, 0.15) is 0 Å². The molecule has 17 heavy (non-hydrogen) atoms. The zero-order valence-corrected chi connectivity index (χ0v) is 10.4. The van der Waals surface area contributed by atoms with Crippen LogP contribution in [0, 0.1) is 0 Å². The quantitative estimate of drug-likeness (QED) is 0.701. The molecule has 1 heterocycles. The number of rotatable bonds is 3. The highest BCUT2D eigenvalue weighted by Crippen LogP contribution is 2.22. The summed E-state index contributed by atoms with van der Waals surface area (Å²) in [5.41, 5.74) is 0. The Morgan fingerprint density at radius 2 is 2.18 bits per heavy atom. The first-order chi connectivity index (χ1) is 7.97. The number of amides is 2. The molecule has 0 saturated carbocycles. The summed E-state index contributed by atoms with van der Waals surface area (Å²) in [6.45, 7) is -0.192. The fourth-order valence-electron chi connectivity index (χ4n) is 1.38. The predicted octanol–water partition coefficient (Wildman–Crippen LogP) is -0.329. The Labute approximate surface area is 103 Å². The summed E-state index contributed by atoms with van der Waals surface area (Å²) in [6.07, 6.45) is 0. The molecule has 2 amide bonds. The number of hydrogen-bond donors (Lipinski definition) is 1. The van der Waals surface area contributed by atoms with Crippen LogP contribution in [0.15, 0.2) is 0 Å². The normalized spacial score (nSPS) is 18.9. The minimum absolute atomic E-state index is 0.192. The van der Waals surface area contributed by atoms with Gasteiger partial charge >= 0.3 is 18.0 Å². The van der Waals surface area contributed by atoms with Crippen LogP contribution in [0.3, 0.4) is 0 Å². The smallest absolute Gasteiger partial charge is 0.327 e. The van der Waals surface area contributed by atoms with Gasteiger partial charge in [0, 0.05) is 12.8 Å². The van der Waals surface area contributed by atoms with Crippen molar-refractivity contribution in [3.63, 3.8) is 0 Å². The Hall–Kier alpha value is -1.44. The van der Waals surface area contributed by atoms with Gasteiger partial charge in [0.2, 0.25) is 0 Å². The predicted molar refractivity (Wildman–Crippen MR) is 60.6 cm³/mol. The lowest BCUT2D eigenvalue weighted by Gasteiger charge is -2.26. The summed E-state index contributed by atoms with van der Waals surface area (Å²) >= 11 is 1.37. The van der Waals surface area contributed by atoms with Crippen molar-refractivity contribution in [1.82, 2.24) is 9.80 Å². The lowest BCUT2D eigenvalue weighted by molar-refractivity contribution is -0.141. The van der Waals surface area contributed by atoms with E-state index in [1.54, 1.807) is 0 Å². The number of hydrogen-bond acceptors (Lipinski definition) is 5. The van der Waals surface area contributed by atoms with Gasteiger partial charge in [-0.05, 0) is 0 Å². The second-order valence-electron chi connectivity index (χ2n) is 3.54. The molecule has 1 saturated heterocycles. The van der Waals surface area contributed by atoms with E-state index >= 15 is 0 Å². The van der Waals surface area contributed by atoms with Gasteiger partial charge in [0.1, 0.15) is 12.6 Å². The Kier molecular flexibility index (Phi) is 4.62. The Morgan fingerprint density at radius 3 is 2.71 bits per heavy atom. The number of urea groups is 1. The summed E-state index contributed by atoms with van der Waals surface area (Å²) in [5, 5.41) is 8.93. The maximum atomic E-state index is 11.9. The molecular weight excluding hydrogens is 248 g/mol. The van der Waals surface area contributed by atoms with Gasteiger partial charge in [0.15, 0.2) is 0 Å². The molecule has 0 bridgehead atoms. The molecule has 0 aromatic rings. The first kappa shape index (κ1) is 13.6. The number of carbonyl (C=O) groups excluding carboxylic acids is 2. The number of carboxylic acids is 1. The summed E-state index contributed by atoms with van der Waals surface area (Å²) in [4.78, 5) is 36.2. The van der Waals surface area contributed by atoms with Crippen molar-refractivity contribution < 1.29 is 24.2 Å². The molecule has 0 aromatic carbocycles. The molecule has 1 fully saturated rings. The van der Waals surface area contributed by atoms with Crippen molar-refractivity contribution in [3.05, 3.63) is 0 Å². The molecule has 0 aromatic heterocycles. The van der Waals surface area contributed by atoms with Gasteiger partial charge in [-0.25, -0.2) is 9.59 Å². The van der Waals surface area contributed by atoms with Gasteiger partial charge in [-0.15, -0.1) is 11.8 Å². The molecule has 1 unspecified atom stereocenters. The molecule has 0 radical (unpaired) electrons. The molecule has 1 rings (SSSR count). The van der Waals surface area contributed by atoms with E-state index in [0.717, 1.165) is 4.90 Å². The van der Waals surface area contributed by atoms with Gasteiger partial charge in [-0.1, -0.05) is 0 Å². The van der Waals surface area contributed by atoms with Crippen LogP contribution in [0.5, 0.6) is 0 Å². The van der Waals surface area contributed by atoms with E-state index in [2.05, 4.69) is 4.74 Å². The van der Waals surface area contributed by atoms with Gasteiger partial charge in [0.25, 0.3) is 0 Å². The fourth-order valence-corrected chi connectivity index (χ4v) is 2.52. The van der Waals surface area contributed by atoms with Crippen LogP contribution in [-0.2, 0) is 14.3 Å². The highest BCUT2D eigenvalue weighted by atomic mass is 32.2. The second kappa shape index (κ2) is 5.76. The van der Waals surface area contributed by atoms with Crippen molar-refractivity contribution in [1.29, 1.82) is 0 Å². The third-order valence-electron chi connectivity index (χ3n) is 2.33. The summed E-state index contributed by atoms with van der Waals surface area (Å²) in [5.74, 6) is -0.886. The monoisotopic (exact) mass is 262 g/mol. The fraction of sp³-hybridized carbons (Fsp3) is 0.667. The molecule has 1 aliphatic heterocycles. The summed E-state index contributed by atoms with van der Waals surface area (Å²) < 4.78 is 4.44. The number of methoxy groups -OCH3 is 1. The van der Waals surface area contributed by atoms with Gasteiger partial charge < -0.3 is 19.6 Å². The first-order valence-corrected chi connectivity index (χ1v) is 6.02. The molecule has 1 atom stereocenters. The standard InChI is InChI=1S/C9H14N2O5S/c1-10(3-7(12)16-2)9(15)11-5-17-4-6(11)8(13)14/h6H,3-5H2,1-2H3,(H,13,14). The molecule has 96 valence electrons. The molecule has 1 aliphatic rings. The van der Waals surface area contributed by atoms with Crippen LogP contribution < -0.4 is 0 Å². The molecular formula is C9H14N2O5S. The van der Waals surface area contributed by atoms with E-state index in [1.807, 2.05) is 0 Å². The third kappa shape index (κ3) is 3.26. The summed E-state index contributed by atoms with van der Waals surface area (Å²) in [7, 11) is 2.66. The van der Waals surface area contributed by atoms with Crippen molar-refractivity contribution in [2.24, 2.45) is 0 Å². The van der Waals surface area contributed by atoms with Gasteiger partial charge in [0.05, 0.1) is 13.0 Å². The molecule has 0 spiro atoms. The zero-order chi connectivity index (χ0) is 13.0. The van der Waals surface area contributed by atoms with E-state index in [1.165, 1.54) is 30.8 Å². The zero-order valence-electron chi connectivity index (χ0n) is 9.58. The number of esters is 1. The second-order valence-corrected chi connectivity index (χ2v) is 4.54. The number of thioether (sulfide) groups is 1. The highest BCUT2D eigenvalue weighted by molar-refractivity contribution is 7.99. The maximum absolute atomic E-state index is 11.9. The SMILES string of the molecule is COC(=O)CN(C)C(=O)N1CSCC1C(=O)O. The Balaban J connectivity index is 2.62. The van der Waals surface area contributed by atoms with E-state index < -0.39 is 24.0 Å². The number of carbonyl (C=O) groups is 3. The topological polar surface area (TPSA) is 87.2 Å². The van der Waals surface area contributed by atoms with Crippen LogP contribution in [0.2, 0.25) is 0 Å². The largest absolute Gasteiger partial charge is 0.480 e. The minimum Gasteiger partial charge on any atom is -0.480 e. The van der Waals surface area contributed by atoms with Crippen LogP contribution in [0.25, 0.3) is 0 Å². The van der Waals surface area contributed by atoms with E-state index in [9.17, 15) is 14.4 Å². The van der Waals surface area contributed by atoms with E-state index in [4.69, 9.17) is 5.11 Å². The number of ether oxygens (including phenoxy) is 1. The molecule has 8 heteroatoms. The maximum Gasteiger partial charge on any atom is 0.327 e. The minimum atomic E-state index is -1.03. The van der Waals surface area contributed by atoms with Gasteiger partial charge in [-0.3, -0.25) is 4.79 Å². The molecule has 1 N–H and O–H groups in total. The van der Waals surface area contributed by atoms with Crippen molar-refractivity contribution in [3.8, 4) is 0 Å². The van der Waals surface area contributed by atoms with Crippen LogP contribution in [0.4, 0.5) is 4.79 Å². The molecule has 0 aliphatic carbocycles. The average Bonchev–Trinajstić information content (AvgIpc) is 2.76.